The highest BCUT2D eigenvalue weighted by atomic mass is 79.9. The molecular formula is C12H17BrN2O4. The van der Waals surface area contributed by atoms with Gasteiger partial charge in [-0.3, -0.25) is 0 Å². The average molecular weight is 333 g/mol. The number of halogens is 1. The third-order valence-corrected chi connectivity index (χ3v) is 2.14. The van der Waals surface area contributed by atoms with Crippen molar-refractivity contribution >= 4 is 21.9 Å². The molecule has 0 saturated heterocycles. The minimum atomic E-state index is -0.494. The van der Waals surface area contributed by atoms with Crippen LogP contribution in [0.1, 0.15) is 20.8 Å². The van der Waals surface area contributed by atoms with Gasteiger partial charge in [0.05, 0.1) is 19.0 Å². The third-order valence-electron chi connectivity index (χ3n) is 1.73. The lowest BCUT2D eigenvalue weighted by Gasteiger charge is -2.19. The van der Waals surface area contributed by atoms with Crippen LogP contribution >= 0.6 is 15.9 Å². The highest BCUT2D eigenvalue weighted by molar-refractivity contribution is 9.10. The molecule has 1 aromatic rings. The number of hydrogen-bond donors (Lipinski definition) is 0. The van der Waals surface area contributed by atoms with Gasteiger partial charge < -0.3 is 14.2 Å². The Labute approximate surface area is 120 Å². The van der Waals surface area contributed by atoms with E-state index < -0.39 is 5.60 Å². The number of aromatic nitrogens is 2. The van der Waals surface area contributed by atoms with E-state index in [9.17, 15) is 4.79 Å². The molecule has 1 aromatic heterocycles. The molecule has 7 heteroatoms. The predicted octanol–water partition coefficient (Wildman–Crippen LogP) is 1.98. The Balaban J connectivity index is 2.11. The number of carbonyl (C=O) groups excluding carboxylic acids is 1. The van der Waals surface area contributed by atoms with Crippen LogP contribution in [0.15, 0.2) is 17.1 Å². The molecule has 0 bridgehead atoms. The van der Waals surface area contributed by atoms with E-state index in [0.717, 1.165) is 0 Å². The molecule has 0 N–H and O–H groups in total. The van der Waals surface area contributed by atoms with Gasteiger partial charge in [-0.2, -0.15) is 0 Å². The van der Waals surface area contributed by atoms with Gasteiger partial charge in [0.1, 0.15) is 18.8 Å². The van der Waals surface area contributed by atoms with Crippen molar-refractivity contribution in [3.63, 3.8) is 0 Å². The molecule has 0 unspecified atom stereocenters. The van der Waals surface area contributed by atoms with E-state index >= 15 is 0 Å². The van der Waals surface area contributed by atoms with Crippen molar-refractivity contribution in [2.24, 2.45) is 0 Å². The molecule has 0 radical (unpaired) electrons. The van der Waals surface area contributed by atoms with Gasteiger partial charge in [-0.15, -0.1) is 0 Å². The van der Waals surface area contributed by atoms with Crippen LogP contribution in [-0.2, 0) is 14.3 Å². The van der Waals surface area contributed by atoms with E-state index in [-0.39, 0.29) is 19.2 Å². The highest BCUT2D eigenvalue weighted by Gasteiger charge is 2.15. The zero-order valence-electron chi connectivity index (χ0n) is 11.2. The van der Waals surface area contributed by atoms with Crippen molar-refractivity contribution in [1.82, 2.24) is 9.97 Å². The number of ether oxygens (including phenoxy) is 3. The topological polar surface area (TPSA) is 70.5 Å². The third kappa shape index (κ3) is 7.74. The fourth-order valence-corrected chi connectivity index (χ4v) is 1.32. The number of rotatable bonds is 6. The summed E-state index contributed by atoms with van der Waals surface area (Å²) in [5.41, 5.74) is -0.494. The largest absolute Gasteiger partial charge is 0.488 e. The van der Waals surface area contributed by atoms with Crippen LogP contribution in [0, 0.1) is 0 Å². The van der Waals surface area contributed by atoms with Gasteiger partial charge in [-0.1, -0.05) is 0 Å². The van der Waals surface area contributed by atoms with E-state index in [0.29, 0.717) is 17.1 Å². The van der Waals surface area contributed by atoms with Crippen LogP contribution in [-0.4, -0.2) is 41.4 Å². The Hall–Kier alpha value is -1.21. The molecule has 0 amide bonds. The first kappa shape index (κ1) is 15.8. The molecule has 106 valence electrons. The van der Waals surface area contributed by atoms with Crippen LogP contribution in [0.2, 0.25) is 0 Å². The lowest BCUT2D eigenvalue weighted by Crippen LogP contribution is -2.27. The lowest BCUT2D eigenvalue weighted by molar-refractivity contribution is -0.160. The summed E-state index contributed by atoms with van der Waals surface area (Å²) >= 11 is 3.12. The molecule has 0 aliphatic heterocycles. The zero-order valence-corrected chi connectivity index (χ0v) is 12.8. The Morgan fingerprint density at radius 3 is 2.47 bits per heavy atom. The van der Waals surface area contributed by atoms with E-state index in [1.165, 1.54) is 0 Å². The summed E-state index contributed by atoms with van der Waals surface area (Å²) in [5, 5.41) is 0. The number of hydrogen-bond acceptors (Lipinski definition) is 6. The standard InChI is InChI=1S/C12H17BrN2O4/c1-12(2,3)19-10(16)8-17-4-5-18-9-6-14-11(13)15-7-9/h6-7H,4-5,8H2,1-3H3. The second-order valence-corrected chi connectivity index (χ2v) is 5.38. The van der Waals surface area contributed by atoms with Gasteiger partial charge in [0.25, 0.3) is 0 Å². The summed E-state index contributed by atoms with van der Waals surface area (Å²) in [7, 11) is 0. The molecule has 0 spiro atoms. The molecule has 6 nitrogen and oxygen atoms in total. The Bertz CT molecular complexity index is 403. The first-order chi connectivity index (χ1) is 8.87. The smallest absolute Gasteiger partial charge is 0.332 e. The normalized spacial score (nSPS) is 11.2. The van der Waals surface area contributed by atoms with Gasteiger partial charge >= 0.3 is 5.97 Å². The summed E-state index contributed by atoms with van der Waals surface area (Å²) in [6, 6.07) is 0. The zero-order chi connectivity index (χ0) is 14.3. The fourth-order valence-electron chi connectivity index (χ4n) is 1.12. The van der Waals surface area contributed by atoms with E-state index in [2.05, 4.69) is 25.9 Å². The first-order valence-corrected chi connectivity index (χ1v) is 6.56. The second-order valence-electron chi connectivity index (χ2n) is 4.68. The summed E-state index contributed by atoms with van der Waals surface area (Å²) in [6.07, 6.45) is 3.09. The lowest BCUT2D eigenvalue weighted by atomic mass is 10.2. The highest BCUT2D eigenvalue weighted by Crippen LogP contribution is 2.09. The maximum absolute atomic E-state index is 11.3. The molecule has 0 aliphatic rings. The van der Waals surface area contributed by atoms with Crippen LogP contribution in [0.4, 0.5) is 0 Å². The van der Waals surface area contributed by atoms with E-state index in [4.69, 9.17) is 14.2 Å². The molecule has 0 fully saturated rings. The molecule has 0 atom stereocenters. The maximum Gasteiger partial charge on any atom is 0.332 e. The molecule has 1 heterocycles. The van der Waals surface area contributed by atoms with Crippen LogP contribution in [0.3, 0.4) is 0 Å². The van der Waals surface area contributed by atoms with Crippen molar-refractivity contribution in [2.45, 2.75) is 26.4 Å². The summed E-state index contributed by atoms with van der Waals surface area (Å²) in [5.74, 6) is 0.156. The van der Waals surface area contributed by atoms with Crippen LogP contribution in [0.5, 0.6) is 5.75 Å². The predicted molar refractivity (Wildman–Crippen MR) is 71.9 cm³/mol. The minimum absolute atomic E-state index is 0.0858. The Kier molecular flexibility index (Phi) is 6.17. The van der Waals surface area contributed by atoms with Gasteiger partial charge in [0, 0.05) is 0 Å². The van der Waals surface area contributed by atoms with Crippen molar-refractivity contribution in [1.29, 1.82) is 0 Å². The fraction of sp³-hybridized carbons (Fsp3) is 0.583. The molecular weight excluding hydrogens is 316 g/mol. The van der Waals surface area contributed by atoms with Gasteiger partial charge in [-0.05, 0) is 36.7 Å². The van der Waals surface area contributed by atoms with Crippen molar-refractivity contribution in [3.8, 4) is 5.75 Å². The first-order valence-electron chi connectivity index (χ1n) is 5.77. The van der Waals surface area contributed by atoms with Gasteiger partial charge in [-0.25, -0.2) is 14.8 Å². The van der Waals surface area contributed by atoms with Crippen LogP contribution < -0.4 is 4.74 Å². The molecule has 0 saturated carbocycles. The monoisotopic (exact) mass is 332 g/mol. The van der Waals surface area contributed by atoms with E-state index in [1.54, 1.807) is 12.4 Å². The molecule has 1 rings (SSSR count). The van der Waals surface area contributed by atoms with Crippen molar-refractivity contribution in [2.75, 3.05) is 19.8 Å². The van der Waals surface area contributed by atoms with Crippen molar-refractivity contribution < 1.29 is 19.0 Å². The molecule has 0 aromatic carbocycles. The SMILES string of the molecule is CC(C)(C)OC(=O)COCCOc1cnc(Br)nc1. The Morgan fingerprint density at radius 1 is 1.26 bits per heavy atom. The number of nitrogens with zero attached hydrogens (tertiary/aromatic N) is 2. The minimum Gasteiger partial charge on any atom is -0.488 e. The molecule has 19 heavy (non-hydrogen) atoms. The summed E-state index contributed by atoms with van der Waals surface area (Å²) in [6.45, 7) is 5.94. The number of esters is 1. The maximum atomic E-state index is 11.3. The number of carbonyl (C=O) groups is 1. The summed E-state index contributed by atoms with van der Waals surface area (Å²) in [4.78, 5) is 19.1. The van der Waals surface area contributed by atoms with Gasteiger partial charge in [0.2, 0.25) is 0 Å². The quantitative estimate of drug-likeness (QED) is 0.450. The average Bonchev–Trinajstić information content (AvgIpc) is 2.29. The van der Waals surface area contributed by atoms with E-state index in [1.807, 2.05) is 20.8 Å². The molecule has 0 aliphatic carbocycles. The van der Waals surface area contributed by atoms with Gasteiger partial charge in [0.15, 0.2) is 10.5 Å². The second kappa shape index (κ2) is 7.40. The van der Waals surface area contributed by atoms with Crippen LogP contribution in [0.25, 0.3) is 0 Å². The van der Waals surface area contributed by atoms with Crippen molar-refractivity contribution in [3.05, 3.63) is 17.1 Å². The summed E-state index contributed by atoms with van der Waals surface area (Å²) < 4.78 is 16.0. The Morgan fingerprint density at radius 2 is 1.89 bits per heavy atom.